The van der Waals surface area contributed by atoms with Crippen LogP contribution in [0.1, 0.15) is 28.8 Å². The largest absolute Gasteiger partial charge is 0.481 e. The van der Waals surface area contributed by atoms with Crippen LogP contribution < -0.4 is 0 Å². The third-order valence-corrected chi connectivity index (χ3v) is 2.20. The summed E-state index contributed by atoms with van der Waals surface area (Å²) in [5, 5.41) is 17.0. The van der Waals surface area contributed by atoms with Crippen molar-refractivity contribution >= 4 is 17.7 Å². The Labute approximate surface area is 97.7 Å². The fourth-order valence-electron chi connectivity index (χ4n) is 1.35. The number of carbonyl (C=O) groups is 3. The fourth-order valence-corrected chi connectivity index (χ4v) is 1.35. The molecule has 0 saturated heterocycles. The first-order valence-electron chi connectivity index (χ1n) is 5.05. The molecule has 0 amide bonds. The Hall–Kier alpha value is -2.17. The van der Waals surface area contributed by atoms with E-state index < -0.39 is 11.9 Å². The van der Waals surface area contributed by atoms with Crippen molar-refractivity contribution in [1.82, 2.24) is 0 Å². The van der Waals surface area contributed by atoms with Crippen LogP contribution in [-0.2, 0) is 16.0 Å². The molecule has 0 saturated carbocycles. The van der Waals surface area contributed by atoms with Gasteiger partial charge >= 0.3 is 11.9 Å². The average molecular weight is 236 g/mol. The molecule has 0 aliphatic heterocycles. The van der Waals surface area contributed by atoms with Crippen LogP contribution in [-0.4, -0.2) is 27.9 Å². The van der Waals surface area contributed by atoms with Crippen molar-refractivity contribution in [3.05, 3.63) is 35.4 Å². The minimum Gasteiger partial charge on any atom is -0.481 e. The van der Waals surface area contributed by atoms with Crippen LogP contribution in [0.3, 0.4) is 0 Å². The van der Waals surface area contributed by atoms with Crippen LogP contribution in [0.25, 0.3) is 0 Å². The second-order valence-corrected chi connectivity index (χ2v) is 3.58. The molecule has 1 aromatic rings. The molecule has 90 valence electrons. The van der Waals surface area contributed by atoms with Crippen molar-refractivity contribution in [3.63, 3.8) is 0 Å². The summed E-state index contributed by atoms with van der Waals surface area (Å²) in [6, 6.07) is 6.15. The molecule has 0 spiro atoms. The van der Waals surface area contributed by atoms with Gasteiger partial charge in [0, 0.05) is 12.0 Å². The summed E-state index contributed by atoms with van der Waals surface area (Å²) < 4.78 is 0. The number of carboxylic acid groups (broad SMARTS) is 2. The molecule has 0 aromatic heterocycles. The van der Waals surface area contributed by atoms with E-state index >= 15 is 0 Å². The highest BCUT2D eigenvalue weighted by Crippen LogP contribution is 2.09. The van der Waals surface area contributed by atoms with Crippen molar-refractivity contribution in [1.29, 1.82) is 0 Å². The Bertz CT molecular complexity index is 433. The normalized spacial score (nSPS) is 9.88. The van der Waals surface area contributed by atoms with E-state index in [1.165, 1.54) is 12.1 Å². The summed E-state index contributed by atoms with van der Waals surface area (Å²) in [6.07, 6.45) is -0.340. The molecule has 0 atom stereocenters. The van der Waals surface area contributed by atoms with Gasteiger partial charge in [0.25, 0.3) is 0 Å². The van der Waals surface area contributed by atoms with Crippen LogP contribution in [0.4, 0.5) is 0 Å². The van der Waals surface area contributed by atoms with Crippen molar-refractivity contribution in [2.24, 2.45) is 0 Å². The second-order valence-electron chi connectivity index (χ2n) is 3.58. The summed E-state index contributed by atoms with van der Waals surface area (Å²) in [6.45, 7) is 0. The topological polar surface area (TPSA) is 91.7 Å². The Balaban J connectivity index is 2.63. The lowest BCUT2D eigenvalue weighted by molar-refractivity contribution is -0.137. The summed E-state index contributed by atoms with van der Waals surface area (Å²) >= 11 is 0. The van der Waals surface area contributed by atoms with Crippen molar-refractivity contribution < 1.29 is 24.6 Å². The highest BCUT2D eigenvalue weighted by molar-refractivity contribution is 5.97. The summed E-state index contributed by atoms with van der Waals surface area (Å²) in [4.78, 5) is 32.2. The Kier molecular flexibility index (Phi) is 4.39. The highest BCUT2D eigenvalue weighted by Gasteiger charge is 2.08. The van der Waals surface area contributed by atoms with Gasteiger partial charge in [0.1, 0.15) is 0 Å². The number of rotatable bonds is 6. The molecule has 17 heavy (non-hydrogen) atoms. The average Bonchev–Trinajstić information content (AvgIpc) is 2.26. The number of Topliss-reactive ketones (excluding diaryl/α,β-unsaturated/α-hetero) is 1. The molecule has 0 aliphatic rings. The fraction of sp³-hybridized carbons (Fsp3) is 0.250. The zero-order valence-corrected chi connectivity index (χ0v) is 9.05. The van der Waals surface area contributed by atoms with Crippen LogP contribution in [0.15, 0.2) is 24.3 Å². The molecule has 0 unspecified atom stereocenters. The number of benzene rings is 1. The van der Waals surface area contributed by atoms with Gasteiger partial charge in [-0.25, -0.2) is 0 Å². The maximum absolute atomic E-state index is 11.5. The van der Waals surface area contributed by atoms with Crippen molar-refractivity contribution in [2.45, 2.75) is 19.3 Å². The van der Waals surface area contributed by atoms with Gasteiger partial charge in [-0.1, -0.05) is 24.3 Å². The van der Waals surface area contributed by atoms with Crippen LogP contribution in [0.2, 0.25) is 0 Å². The molecule has 5 nitrogen and oxygen atoms in total. The van der Waals surface area contributed by atoms with Crippen molar-refractivity contribution in [2.75, 3.05) is 0 Å². The molecule has 1 aromatic carbocycles. The molecule has 0 aliphatic carbocycles. The SMILES string of the molecule is O=C(O)CCC(=O)c1ccc(CC(=O)O)cc1. The lowest BCUT2D eigenvalue weighted by Crippen LogP contribution is -2.04. The number of carbonyl (C=O) groups excluding carboxylic acids is 1. The van der Waals surface area contributed by atoms with Crippen LogP contribution >= 0.6 is 0 Å². The molecule has 0 radical (unpaired) electrons. The number of hydrogen-bond donors (Lipinski definition) is 2. The molecule has 0 heterocycles. The monoisotopic (exact) mass is 236 g/mol. The van der Waals surface area contributed by atoms with E-state index in [-0.39, 0.29) is 25.0 Å². The zero-order valence-electron chi connectivity index (χ0n) is 9.05. The third-order valence-electron chi connectivity index (χ3n) is 2.20. The smallest absolute Gasteiger partial charge is 0.307 e. The molecule has 2 N–H and O–H groups in total. The molecule has 0 fully saturated rings. The van der Waals surface area contributed by atoms with E-state index in [1.807, 2.05) is 0 Å². The number of carboxylic acids is 2. The standard InChI is InChI=1S/C12H12O5/c13-10(5-6-11(14)15)9-3-1-8(2-4-9)7-12(16)17/h1-4H,5-7H2,(H,14,15)(H,16,17). The van der Waals surface area contributed by atoms with Gasteiger partial charge in [-0.2, -0.15) is 0 Å². The van der Waals surface area contributed by atoms with Gasteiger partial charge in [0.05, 0.1) is 12.8 Å². The quantitative estimate of drug-likeness (QED) is 0.727. The first-order valence-corrected chi connectivity index (χ1v) is 5.05. The van der Waals surface area contributed by atoms with E-state index in [9.17, 15) is 14.4 Å². The minimum absolute atomic E-state index is 0.0480. The van der Waals surface area contributed by atoms with E-state index in [4.69, 9.17) is 10.2 Å². The van der Waals surface area contributed by atoms with E-state index in [0.717, 1.165) is 0 Å². The molecule has 1 rings (SSSR count). The van der Waals surface area contributed by atoms with E-state index in [0.29, 0.717) is 11.1 Å². The minimum atomic E-state index is -1.01. The predicted octanol–water partition coefficient (Wildman–Crippen LogP) is 1.36. The summed E-state index contributed by atoms with van der Waals surface area (Å²) in [5.74, 6) is -2.20. The van der Waals surface area contributed by atoms with E-state index in [2.05, 4.69) is 0 Å². The zero-order chi connectivity index (χ0) is 12.8. The van der Waals surface area contributed by atoms with Crippen LogP contribution in [0, 0.1) is 0 Å². The number of aliphatic carboxylic acids is 2. The maximum Gasteiger partial charge on any atom is 0.307 e. The van der Waals surface area contributed by atoms with Gasteiger partial charge in [-0.15, -0.1) is 0 Å². The predicted molar refractivity (Wildman–Crippen MR) is 59.0 cm³/mol. The molecule has 5 heteroatoms. The van der Waals surface area contributed by atoms with Crippen molar-refractivity contribution in [3.8, 4) is 0 Å². The lowest BCUT2D eigenvalue weighted by atomic mass is 10.0. The first-order chi connectivity index (χ1) is 7.99. The van der Waals surface area contributed by atoms with Gasteiger partial charge < -0.3 is 10.2 Å². The lowest BCUT2D eigenvalue weighted by Gasteiger charge is -2.01. The second kappa shape index (κ2) is 5.79. The third kappa shape index (κ3) is 4.46. The van der Waals surface area contributed by atoms with Gasteiger partial charge in [-0.05, 0) is 5.56 Å². The van der Waals surface area contributed by atoms with Crippen LogP contribution in [0.5, 0.6) is 0 Å². The Morgan fingerprint density at radius 3 is 1.94 bits per heavy atom. The number of ketones is 1. The maximum atomic E-state index is 11.5. The molecular weight excluding hydrogens is 224 g/mol. The first kappa shape index (κ1) is 12.9. The Morgan fingerprint density at radius 1 is 0.882 bits per heavy atom. The van der Waals surface area contributed by atoms with Gasteiger partial charge in [0.15, 0.2) is 5.78 Å². The molecule has 0 bridgehead atoms. The Morgan fingerprint density at radius 2 is 1.47 bits per heavy atom. The summed E-state index contributed by atoms with van der Waals surface area (Å²) in [5.41, 5.74) is 1.01. The number of hydrogen-bond acceptors (Lipinski definition) is 3. The highest BCUT2D eigenvalue weighted by atomic mass is 16.4. The van der Waals surface area contributed by atoms with Gasteiger partial charge in [0.2, 0.25) is 0 Å². The van der Waals surface area contributed by atoms with Gasteiger partial charge in [-0.3, -0.25) is 14.4 Å². The van der Waals surface area contributed by atoms with E-state index in [1.54, 1.807) is 12.1 Å². The molecular formula is C12H12O5. The summed E-state index contributed by atoms with van der Waals surface area (Å²) in [7, 11) is 0.